The number of rotatable bonds is 1. The highest BCUT2D eigenvalue weighted by molar-refractivity contribution is 5.61. The number of aryl methyl sites for hydroxylation is 1. The first-order valence-corrected chi connectivity index (χ1v) is 4.02. The SMILES string of the molecule is CC(C)=C=Nc1ccc(C)cc1. The Balaban J connectivity index is 2.92. The summed E-state index contributed by atoms with van der Waals surface area (Å²) in [7, 11) is 0. The van der Waals surface area contributed by atoms with Gasteiger partial charge in [-0.05, 0) is 44.3 Å². The molecule has 0 aliphatic carbocycles. The van der Waals surface area contributed by atoms with Crippen molar-refractivity contribution in [2.24, 2.45) is 4.99 Å². The highest BCUT2D eigenvalue weighted by atomic mass is 14.7. The molecular weight excluding hydrogens is 146 g/mol. The van der Waals surface area contributed by atoms with Gasteiger partial charge in [-0.15, -0.1) is 0 Å². The third kappa shape index (κ3) is 2.73. The van der Waals surface area contributed by atoms with E-state index < -0.39 is 0 Å². The molecule has 0 amide bonds. The molecule has 12 heavy (non-hydrogen) atoms. The molecule has 0 saturated heterocycles. The van der Waals surface area contributed by atoms with Crippen molar-refractivity contribution < 1.29 is 0 Å². The van der Waals surface area contributed by atoms with E-state index in [0.29, 0.717) is 0 Å². The molecule has 62 valence electrons. The van der Waals surface area contributed by atoms with Gasteiger partial charge < -0.3 is 0 Å². The molecule has 0 spiro atoms. The maximum Gasteiger partial charge on any atom is 0.0729 e. The van der Waals surface area contributed by atoms with Gasteiger partial charge in [0.25, 0.3) is 0 Å². The molecule has 1 heteroatoms. The molecule has 0 N–H and O–H groups in total. The normalized spacial score (nSPS) is 8.92. The Morgan fingerprint density at radius 3 is 2.25 bits per heavy atom. The van der Waals surface area contributed by atoms with E-state index in [4.69, 9.17) is 0 Å². The van der Waals surface area contributed by atoms with Crippen molar-refractivity contribution >= 4 is 11.6 Å². The van der Waals surface area contributed by atoms with Crippen molar-refractivity contribution in [3.63, 3.8) is 0 Å². The Labute approximate surface area is 73.5 Å². The minimum atomic E-state index is 0.960. The van der Waals surface area contributed by atoms with Crippen LogP contribution in [-0.2, 0) is 0 Å². The number of allylic oxidation sites excluding steroid dienone is 1. The quantitative estimate of drug-likeness (QED) is 0.558. The largest absolute Gasteiger partial charge is 0.206 e. The molecule has 1 nitrogen and oxygen atoms in total. The third-order valence-corrected chi connectivity index (χ3v) is 1.44. The minimum absolute atomic E-state index is 0.960. The van der Waals surface area contributed by atoms with Crippen LogP contribution in [0.15, 0.2) is 34.8 Å². The van der Waals surface area contributed by atoms with Crippen LogP contribution in [0, 0.1) is 6.92 Å². The lowest BCUT2D eigenvalue weighted by Crippen LogP contribution is -1.69. The average molecular weight is 159 g/mol. The van der Waals surface area contributed by atoms with E-state index in [-0.39, 0.29) is 0 Å². The van der Waals surface area contributed by atoms with Gasteiger partial charge in [0.05, 0.1) is 5.69 Å². The fraction of sp³-hybridized carbons (Fsp3) is 0.273. The molecular formula is C11H13N. The molecule has 0 aliphatic rings. The van der Waals surface area contributed by atoms with Gasteiger partial charge in [0, 0.05) is 0 Å². The van der Waals surface area contributed by atoms with Gasteiger partial charge in [0.15, 0.2) is 0 Å². The van der Waals surface area contributed by atoms with Crippen molar-refractivity contribution in [1.82, 2.24) is 0 Å². The molecule has 0 unspecified atom stereocenters. The zero-order chi connectivity index (χ0) is 8.97. The predicted octanol–water partition coefficient (Wildman–Crippen LogP) is 3.26. The Bertz CT molecular complexity index is 309. The van der Waals surface area contributed by atoms with Crippen LogP contribution < -0.4 is 0 Å². The Kier molecular flexibility index (Phi) is 2.84. The summed E-state index contributed by atoms with van der Waals surface area (Å²) in [4.78, 5) is 4.16. The van der Waals surface area contributed by atoms with Crippen molar-refractivity contribution in [1.29, 1.82) is 0 Å². The summed E-state index contributed by atoms with van der Waals surface area (Å²) < 4.78 is 0. The first kappa shape index (κ1) is 8.76. The lowest BCUT2D eigenvalue weighted by atomic mass is 10.2. The van der Waals surface area contributed by atoms with Crippen LogP contribution in [0.2, 0.25) is 0 Å². The zero-order valence-corrected chi connectivity index (χ0v) is 7.76. The Morgan fingerprint density at radius 1 is 1.17 bits per heavy atom. The monoisotopic (exact) mass is 159 g/mol. The van der Waals surface area contributed by atoms with Gasteiger partial charge in [-0.1, -0.05) is 17.7 Å². The minimum Gasteiger partial charge on any atom is -0.206 e. The van der Waals surface area contributed by atoms with Crippen LogP contribution in [-0.4, -0.2) is 5.87 Å². The molecule has 0 atom stereocenters. The van der Waals surface area contributed by atoms with E-state index in [1.54, 1.807) is 0 Å². The summed E-state index contributed by atoms with van der Waals surface area (Å²) >= 11 is 0. The fourth-order valence-electron chi connectivity index (χ4n) is 0.796. The van der Waals surface area contributed by atoms with Crippen LogP contribution in [0.5, 0.6) is 0 Å². The predicted molar refractivity (Wildman–Crippen MR) is 53.1 cm³/mol. The summed E-state index contributed by atoms with van der Waals surface area (Å²) in [5, 5.41) is 0. The number of aliphatic imine (C=N–C) groups is 1. The Morgan fingerprint density at radius 2 is 1.75 bits per heavy atom. The fourth-order valence-corrected chi connectivity index (χ4v) is 0.796. The number of hydrogen-bond donors (Lipinski definition) is 0. The molecule has 0 saturated carbocycles. The van der Waals surface area contributed by atoms with Crippen LogP contribution >= 0.6 is 0 Å². The van der Waals surface area contributed by atoms with Gasteiger partial charge in [-0.3, -0.25) is 0 Å². The van der Waals surface area contributed by atoms with Crippen LogP contribution in [0.25, 0.3) is 0 Å². The highest BCUT2D eigenvalue weighted by Gasteiger charge is 1.85. The smallest absolute Gasteiger partial charge is 0.0729 e. The van der Waals surface area contributed by atoms with Gasteiger partial charge in [-0.25, -0.2) is 4.99 Å². The Hall–Kier alpha value is -1.33. The van der Waals surface area contributed by atoms with Crippen molar-refractivity contribution in [2.45, 2.75) is 20.8 Å². The second kappa shape index (κ2) is 3.89. The molecule has 1 aromatic carbocycles. The standard InChI is InChI=1S/C11H13N/c1-9(2)8-12-11-6-4-10(3)5-7-11/h4-7H,1-3H3. The molecule has 0 heterocycles. The van der Waals surface area contributed by atoms with Gasteiger partial charge in [0.2, 0.25) is 0 Å². The van der Waals surface area contributed by atoms with E-state index >= 15 is 0 Å². The van der Waals surface area contributed by atoms with Gasteiger partial charge in [-0.2, -0.15) is 0 Å². The lowest BCUT2D eigenvalue weighted by Gasteiger charge is -1.91. The number of nitrogens with zero attached hydrogens (tertiary/aromatic N) is 1. The van der Waals surface area contributed by atoms with E-state index in [0.717, 1.165) is 11.3 Å². The second-order valence-corrected chi connectivity index (χ2v) is 3.06. The van der Waals surface area contributed by atoms with Crippen LogP contribution in [0.1, 0.15) is 19.4 Å². The molecule has 0 fully saturated rings. The van der Waals surface area contributed by atoms with Crippen molar-refractivity contribution in [3.05, 3.63) is 35.4 Å². The van der Waals surface area contributed by atoms with Gasteiger partial charge in [0.1, 0.15) is 0 Å². The first-order chi connectivity index (χ1) is 5.68. The maximum absolute atomic E-state index is 4.16. The van der Waals surface area contributed by atoms with Crippen LogP contribution in [0.3, 0.4) is 0 Å². The van der Waals surface area contributed by atoms with Crippen molar-refractivity contribution in [2.75, 3.05) is 0 Å². The average Bonchev–Trinajstić information content (AvgIpc) is 2.03. The number of benzene rings is 1. The van der Waals surface area contributed by atoms with Crippen LogP contribution in [0.4, 0.5) is 5.69 Å². The topological polar surface area (TPSA) is 12.4 Å². The summed E-state index contributed by atoms with van der Waals surface area (Å²) in [5.74, 6) is 2.92. The first-order valence-electron chi connectivity index (χ1n) is 4.02. The van der Waals surface area contributed by atoms with E-state index in [1.165, 1.54) is 5.56 Å². The van der Waals surface area contributed by atoms with Crippen molar-refractivity contribution in [3.8, 4) is 0 Å². The van der Waals surface area contributed by atoms with E-state index in [9.17, 15) is 0 Å². The van der Waals surface area contributed by atoms with Gasteiger partial charge >= 0.3 is 0 Å². The molecule has 0 aliphatic heterocycles. The zero-order valence-electron chi connectivity index (χ0n) is 7.76. The lowest BCUT2D eigenvalue weighted by molar-refractivity contribution is 1.42. The van der Waals surface area contributed by atoms with E-state index in [2.05, 4.69) is 17.8 Å². The number of hydrogen-bond acceptors (Lipinski definition) is 1. The molecule has 1 aromatic rings. The summed E-state index contributed by atoms with van der Waals surface area (Å²) in [5.41, 5.74) is 3.31. The molecule has 0 aromatic heterocycles. The molecule has 0 radical (unpaired) electrons. The summed E-state index contributed by atoms with van der Waals surface area (Å²) in [6, 6.07) is 8.08. The maximum atomic E-state index is 4.16. The van der Waals surface area contributed by atoms with E-state index in [1.807, 2.05) is 38.1 Å². The second-order valence-electron chi connectivity index (χ2n) is 3.06. The summed E-state index contributed by atoms with van der Waals surface area (Å²) in [6.07, 6.45) is 0. The molecule has 0 bridgehead atoms. The third-order valence-electron chi connectivity index (χ3n) is 1.44. The highest BCUT2D eigenvalue weighted by Crippen LogP contribution is 2.11. The molecule has 1 rings (SSSR count). The summed E-state index contributed by atoms with van der Waals surface area (Å²) in [6.45, 7) is 6.03.